The van der Waals surface area contributed by atoms with E-state index in [9.17, 15) is 5.11 Å². The second-order valence-electron chi connectivity index (χ2n) is 4.88. The third-order valence-corrected chi connectivity index (χ3v) is 2.45. The molecule has 17 heavy (non-hydrogen) atoms. The first-order valence-corrected chi connectivity index (χ1v) is 5.73. The van der Waals surface area contributed by atoms with Gasteiger partial charge in [-0.3, -0.25) is 0 Å². The molecule has 6 heteroatoms. The van der Waals surface area contributed by atoms with E-state index >= 15 is 0 Å². The molecule has 1 N–H and O–H groups in total. The molecule has 0 amide bonds. The molecule has 100 valence electrons. The first-order chi connectivity index (χ1) is 7.82. The number of nitrogens with zero attached hydrogens (tertiary/aromatic N) is 3. The van der Waals surface area contributed by atoms with E-state index in [0.29, 0.717) is 12.3 Å². The number of aliphatic hydroxyl groups excluding tert-OH is 1. The van der Waals surface area contributed by atoms with E-state index in [1.54, 1.807) is 13.8 Å². The van der Waals surface area contributed by atoms with Crippen molar-refractivity contribution in [2.24, 2.45) is 11.0 Å². The quantitative estimate of drug-likeness (QED) is 0.308. The van der Waals surface area contributed by atoms with Crippen molar-refractivity contribution < 1.29 is 14.6 Å². The van der Waals surface area contributed by atoms with E-state index in [4.69, 9.17) is 15.0 Å². The third-order valence-electron chi connectivity index (χ3n) is 2.45. The Balaban J connectivity index is 4.32. The summed E-state index contributed by atoms with van der Waals surface area (Å²) < 4.78 is 10.5. The van der Waals surface area contributed by atoms with Crippen molar-refractivity contribution in [3.8, 4) is 0 Å². The summed E-state index contributed by atoms with van der Waals surface area (Å²) >= 11 is 0. The molecule has 0 aromatic rings. The molecule has 0 bridgehead atoms. The van der Waals surface area contributed by atoms with E-state index in [-0.39, 0.29) is 6.61 Å². The summed E-state index contributed by atoms with van der Waals surface area (Å²) in [5.74, 6) is -0.407. The molecule has 0 saturated heterocycles. The Morgan fingerprint density at radius 1 is 1.41 bits per heavy atom. The lowest BCUT2D eigenvalue weighted by Gasteiger charge is -2.27. The SMILES string of the molecule is COC(C)(C)OC[C@@H](O)[C@H](CC(C)C)N=[N+]=[N-]. The van der Waals surface area contributed by atoms with Gasteiger partial charge in [0.2, 0.25) is 0 Å². The Hall–Kier alpha value is -0.810. The summed E-state index contributed by atoms with van der Waals surface area (Å²) in [5, 5.41) is 13.5. The fraction of sp³-hybridized carbons (Fsp3) is 1.00. The Kier molecular flexibility index (Phi) is 7.15. The van der Waals surface area contributed by atoms with Crippen LogP contribution in [0.4, 0.5) is 0 Å². The van der Waals surface area contributed by atoms with Crippen LogP contribution in [0.3, 0.4) is 0 Å². The molecule has 0 aliphatic heterocycles. The van der Waals surface area contributed by atoms with Crippen LogP contribution < -0.4 is 0 Å². The highest BCUT2D eigenvalue weighted by molar-refractivity contribution is 4.77. The molecule has 0 heterocycles. The van der Waals surface area contributed by atoms with E-state index < -0.39 is 17.9 Å². The standard InChI is InChI=1S/C11H23N3O3/c1-8(2)6-9(13-14-12)10(15)7-17-11(3,4)16-5/h8-10,15H,6-7H2,1-5H3/t9-,10+/m0/s1. The maximum absolute atomic E-state index is 9.90. The van der Waals surface area contributed by atoms with Crippen molar-refractivity contribution in [2.45, 2.75) is 52.0 Å². The number of hydrogen-bond acceptors (Lipinski definition) is 4. The van der Waals surface area contributed by atoms with Crippen molar-refractivity contribution in [3.05, 3.63) is 10.4 Å². The molecule has 0 radical (unpaired) electrons. The van der Waals surface area contributed by atoms with Gasteiger partial charge in [0, 0.05) is 12.0 Å². The highest BCUT2D eigenvalue weighted by Crippen LogP contribution is 2.16. The van der Waals surface area contributed by atoms with E-state index in [1.165, 1.54) is 7.11 Å². The fourth-order valence-electron chi connectivity index (χ4n) is 1.29. The van der Waals surface area contributed by atoms with Gasteiger partial charge < -0.3 is 14.6 Å². The normalized spacial score (nSPS) is 15.5. The minimum atomic E-state index is -0.817. The first-order valence-electron chi connectivity index (χ1n) is 5.73. The van der Waals surface area contributed by atoms with Gasteiger partial charge >= 0.3 is 0 Å². The molecule has 0 unspecified atom stereocenters. The lowest BCUT2D eigenvalue weighted by atomic mass is 10.0. The number of ether oxygens (including phenoxy) is 2. The van der Waals surface area contributed by atoms with Gasteiger partial charge in [0.25, 0.3) is 0 Å². The molecule has 0 saturated carbocycles. The van der Waals surface area contributed by atoms with Crippen LogP contribution in [-0.2, 0) is 9.47 Å². The van der Waals surface area contributed by atoms with Crippen LogP contribution in [0.5, 0.6) is 0 Å². The molecule has 0 rings (SSSR count). The van der Waals surface area contributed by atoms with E-state index in [1.807, 2.05) is 13.8 Å². The predicted molar refractivity (Wildman–Crippen MR) is 65.4 cm³/mol. The number of methoxy groups -OCH3 is 1. The second kappa shape index (κ2) is 7.50. The smallest absolute Gasteiger partial charge is 0.162 e. The summed E-state index contributed by atoms with van der Waals surface area (Å²) in [4.78, 5) is 2.75. The molecule has 6 nitrogen and oxygen atoms in total. The van der Waals surface area contributed by atoms with Crippen molar-refractivity contribution >= 4 is 0 Å². The molecule has 0 aromatic carbocycles. The minimum Gasteiger partial charge on any atom is -0.390 e. The zero-order chi connectivity index (χ0) is 13.5. The van der Waals surface area contributed by atoms with Gasteiger partial charge in [0.05, 0.1) is 18.8 Å². The topological polar surface area (TPSA) is 87.5 Å². The van der Waals surface area contributed by atoms with Gasteiger partial charge in [-0.2, -0.15) is 0 Å². The van der Waals surface area contributed by atoms with Crippen LogP contribution in [0.1, 0.15) is 34.1 Å². The van der Waals surface area contributed by atoms with Crippen molar-refractivity contribution in [3.63, 3.8) is 0 Å². The Morgan fingerprint density at radius 2 is 2.00 bits per heavy atom. The van der Waals surface area contributed by atoms with Crippen LogP contribution in [0, 0.1) is 5.92 Å². The summed E-state index contributed by atoms with van der Waals surface area (Å²) in [5.41, 5.74) is 8.45. The van der Waals surface area contributed by atoms with Crippen LogP contribution >= 0.6 is 0 Å². The van der Waals surface area contributed by atoms with E-state index in [0.717, 1.165) is 0 Å². The number of rotatable bonds is 8. The van der Waals surface area contributed by atoms with Crippen LogP contribution in [0.2, 0.25) is 0 Å². The van der Waals surface area contributed by atoms with E-state index in [2.05, 4.69) is 10.0 Å². The second-order valence-corrected chi connectivity index (χ2v) is 4.88. The lowest BCUT2D eigenvalue weighted by molar-refractivity contribution is -0.210. The molecule has 0 aliphatic carbocycles. The number of hydrogen-bond donors (Lipinski definition) is 1. The van der Waals surface area contributed by atoms with Crippen LogP contribution in [0.15, 0.2) is 5.11 Å². The maximum Gasteiger partial charge on any atom is 0.162 e. The molecular weight excluding hydrogens is 222 g/mol. The Bertz CT molecular complexity index is 263. The number of aliphatic hydroxyl groups is 1. The van der Waals surface area contributed by atoms with Crippen molar-refractivity contribution in [2.75, 3.05) is 13.7 Å². The van der Waals surface area contributed by atoms with Crippen LogP contribution in [-0.4, -0.2) is 36.8 Å². The minimum absolute atomic E-state index is 0.0806. The van der Waals surface area contributed by atoms with Gasteiger partial charge in [0.15, 0.2) is 5.79 Å². The first kappa shape index (κ1) is 16.2. The largest absolute Gasteiger partial charge is 0.390 e. The summed E-state index contributed by atoms with van der Waals surface area (Å²) in [6.07, 6.45) is -0.190. The fourth-order valence-corrected chi connectivity index (χ4v) is 1.29. The zero-order valence-corrected chi connectivity index (χ0v) is 11.3. The average Bonchev–Trinajstić information content (AvgIpc) is 2.25. The van der Waals surface area contributed by atoms with Gasteiger partial charge in [-0.15, -0.1) is 0 Å². The summed E-state index contributed by atoms with van der Waals surface area (Å²) in [6, 6.07) is -0.465. The van der Waals surface area contributed by atoms with Crippen molar-refractivity contribution in [1.82, 2.24) is 0 Å². The predicted octanol–water partition coefficient (Wildman–Crippen LogP) is 2.47. The highest BCUT2D eigenvalue weighted by Gasteiger charge is 2.23. The molecule has 0 fully saturated rings. The third kappa shape index (κ3) is 7.18. The van der Waals surface area contributed by atoms with Gasteiger partial charge in [-0.25, -0.2) is 0 Å². The maximum atomic E-state index is 9.90. The van der Waals surface area contributed by atoms with Crippen LogP contribution in [0.25, 0.3) is 10.4 Å². The average molecular weight is 245 g/mol. The van der Waals surface area contributed by atoms with Gasteiger partial charge in [-0.05, 0) is 31.7 Å². The van der Waals surface area contributed by atoms with Gasteiger partial charge in [-0.1, -0.05) is 19.0 Å². The molecular formula is C11H23N3O3. The Morgan fingerprint density at radius 3 is 2.41 bits per heavy atom. The van der Waals surface area contributed by atoms with Crippen molar-refractivity contribution in [1.29, 1.82) is 0 Å². The summed E-state index contributed by atoms with van der Waals surface area (Å²) in [7, 11) is 1.53. The zero-order valence-electron chi connectivity index (χ0n) is 11.3. The summed E-state index contributed by atoms with van der Waals surface area (Å²) in [6.45, 7) is 7.60. The Labute approximate surface area is 103 Å². The molecule has 0 spiro atoms. The number of azide groups is 1. The lowest BCUT2D eigenvalue weighted by Crippen LogP contribution is -2.36. The van der Waals surface area contributed by atoms with Gasteiger partial charge in [0.1, 0.15) is 0 Å². The molecule has 0 aliphatic rings. The highest BCUT2D eigenvalue weighted by atomic mass is 16.7. The molecule has 2 atom stereocenters. The monoisotopic (exact) mass is 245 g/mol. The molecule has 0 aromatic heterocycles.